The first-order chi connectivity index (χ1) is 12.3. The maximum atomic E-state index is 10.7. The molecular formula is C17H21ClN3O5P. The Hall–Kier alpha value is -1.96. The fourth-order valence-corrected chi connectivity index (χ4v) is 2.65. The van der Waals surface area contributed by atoms with Crippen LogP contribution in [0.3, 0.4) is 0 Å². The fraction of sp³-hybridized carbons (Fsp3) is 0.294. The zero-order chi connectivity index (χ0) is 20.6. The van der Waals surface area contributed by atoms with Gasteiger partial charge in [0.05, 0.1) is 0 Å². The summed E-state index contributed by atoms with van der Waals surface area (Å²) >= 11 is 5.99. The van der Waals surface area contributed by atoms with Crippen molar-refractivity contribution < 1.29 is 24.4 Å². The highest BCUT2D eigenvalue weighted by Crippen LogP contribution is 2.36. The lowest BCUT2D eigenvalue weighted by molar-refractivity contribution is 0.275. The number of hydrogen-bond donors (Lipinski definition) is 4. The molecule has 1 heterocycles. The van der Waals surface area contributed by atoms with Gasteiger partial charge in [-0.2, -0.15) is 0 Å². The zero-order valence-corrected chi connectivity index (χ0v) is 16.9. The zero-order valence-electron chi connectivity index (χ0n) is 15.3. The van der Waals surface area contributed by atoms with E-state index in [9.17, 15) is 5.11 Å². The van der Waals surface area contributed by atoms with Crippen molar-refractivity contribution in [2.45, 2.75) is 33.1 Å². The lowest BCUT2D eigenvalue weighted by Crippen LogP contribution is -2.13. The van der Waals surface area contributed by atoms with Gasteiger partial charge in [0.1, 0.15) is 22.5 Å². The maximum Gasteiger partial charge on any atom is 0.466 e. The SMILES string of the molecule is Cc1cc(-n2nc3ccc(Cl)cc3n2)c(O)c(C(C)(C)C)c1.O=P(O)(O)O. The first-order valence-electron chi connectivity index (χ1n) is 7.91. The van der Waals surface area contributed by atoms with Gasteiger partial charge in [0.25, 0.3) is 0 Å². The van der Waals surface area contributed by atoms with Crippen LogP contribution in [0.15, 0.2) is 30.3 Å². The van der Waals surface area contributed by atoms with Crippen molar-refractivity contribution in [2.24, 2.45) is 0 Å². The minimum Gasteiger partial charge on any atom is -0.505 e. The number of benzene rings is 2. The first kappa shape index (κ1) is 21.3. The van der Waals surface area contributed by atoms with Crippen LogP contribution in [-0.2, 0) is 9.98 Å². The Morgan fingerprint density at radius 3 is 2.15 bits per heavy atom. The van der Waals surface area contributed by atoms with Crippen LogP contribution in [0.5, 0.6) is 5.75 Å². The van der Waals surface area contributed by atoms with E-state index in [2.05, 4.69) is 31.0 Å². The van der Waals surface area contributed by atoms with E-state index >= 15 is 0 Å². The molecule has 0 aliphatic carbocycles. The van der Waals surface area contributed by atoms with Crippen molar-refractivity contribution in [3.63, 3.8) is 0 Å². The summed E-state index contributed by atoms with van der Waals surface area (Å²) in [6, 6.07) is 9.24. The normalized spacial score (nSPS) is 12.0. The van der Waals surface area contributed by atoms with Gasteiger partial charge in [-0.25, -0.2) is 4.57 Å². The number of fused-ring (bicyclic) bond motifs is 1. The summed E-state index contributed by atoms with van der Waals surface area (Å²) in [5.41, 5.74) is 3.78. The number of rotatable bonds is 1. The second-order valence-electron chi connectivity index (χ2n) is 7.07. The average Bonchev–Trinajstić information content (AvgIpc) is 2.89. The van der Waals surface area contributed by atoms with Crippen LogP contribution < -0.4 is 0 Å². The van der Waals surface area contributed by atoms with Crippen LogP contribution in [0.1, 0.15) is 31.9 Å². The van der Waals surface area contributed by atoms with E-state index < -0.39 is 7.82 Å². The van der Waals surface area contributed by atoms with Crippen molar-refractivity contribution in [3.8, 4) is 11.4 Å². The predicted molar refractivity (Wildman–Crippen MR) is 103 cm³/mol. The summed E-state index contributed by atoms with van der Waals surface area (Å²) in [4.78, 5) is 23.0. The molecule has 0 aliphatic rings. The van der Waals surface area contributed by atoms with Crippen molar-refractivity contribution in [2.75, 3.05) is 0 Å². The van der Waals surface area contributed by atoms with E-state index in [1.807, 2.05) is 25.1 Å². The molecule has 27 heavy (non-hydrogen) atoms. The minimum absolute atomic E-state index is 0.166. The molecule has 0 saturated heterocycles. The van der Waals surface area contributed by atoms with Gasteiger partial charge in [0.15, 0.2) is 0 Å². The highest BCUT2D eigenvalue weighted by molar-refractivity contribution is 7.45. The largest absolute Gasteiger partial charge is 0.505 e. The number of phenols is 1. The van der Waals surface area contributed by atoms with Crippen LogP contribution >= 0.6 is 19.4 Å². The molecule has 0 aliphatic heterocycles. The van der Waals surface area contributed by atoms with Crippen LogP contribution in [0, 0.1) is 6.92 Å². The summed E-state index contributed by atoms with van der Waals surface area (Å²) < 4.78 is 8.88. The van der Waals surface area contributed by atoms with Gasteiger partial charge in [-0.1, -0.05) is 38.4 Å². The molecule has 0 spiro atoms. The topological polar surface area (TPSA) is 129 Å². The number of hydrogen-bond acceptors (Lipinski definition) is 4. The molecule has 2 aromatic carbocycles. The molecular weight excluding hydrogens is 393 g/mol. The highest BCUT2D eigenvalue weighted by Gasteiger charge is 2.22. The van der Waals surface area contributed by atoms with Gasteiger partial charge in [-0.05, 0) is 42.2 Å². The Labute approximate surface area is 161 Å². The molecule has 3 rings (SSSR count). The van der Waals surface area contributed by atoms with Crippen molar-refractivity contribution >= 4 is 30.5 Å². The predicted octanol–water partition coefficient (Wildman–Crippen LogP) is 3.46. The third-order valence-corrected chi connectivity index (χ3v) is 3.84. The molecule has 3 aromatic rings. The Kier molecular flexibility index (Phi) is 5.99. The van der Waals surface area contributed by atoms with E-state index in [4.69, 9.17) is 30.8 Å². The molecule has 10 heteroatoms. The third-order valence-electron chi connectivity index (χ3n) is 3.60. The van der Waals surface area contributed by atoms with Crippen LogP contribution in [0.4, 0.5) is 0 Å². The number of aryl methyl sites for hydroxylation is 1. The van der Waals surface area contributed by atoms with Crippen LogP contribution in [-0.4, -0.2) is 34.8 Å². The van der Waals surface area contributed by atoms with Gasteiger partial charge in [0, 0.05) is 10.6 Å². The van der Waals surface area contributed by atoms with Crippen molar-refractivity contribution in [1.82, 2.24) is 15.0 Å². The van der Waals surface area contributed by atoms with Crippen molar-refractivity contribution in [1.29, 1.82) is 0 Å². The van der Waals surface area contributed by atoms with Gasteiger partial charge < -0.3 is 19.8 Å². The van der Waals surface area contributed by atoms with E-state index in [-0.39, 0.29) is 11.2 Å². The molecule has 1 aromatic heterocycles. The highest BCUT2D eigenvalue weighted by atomic mass is 35.5. The molecule has 0 unspecified atom stereocenters. The van der Waals surface area contributed by atoms with Crippen LogP contribution in [0.25, 0.3) is 16.7 Å². The lowest BCUT2D eigenvalue weighted by Gasteiger charge is -2.22. The number of phenolic OH excluding ortho intramolecular Hbond substituents is 1. The Morgan fingerprint density at radius 1 is 1.04 bits per heavy atom. The Morgan fingerprint density at radius 2 is 1.59 bits per heavy atom. The summed E-state index contributed by atoms with van der Waals surface area (Å²) in [5, 5.41) is 20.1. The number of phosphoric acid groups is 1. The molecule has 0 bridgehead atoms. The van der Waals surface area contributed by atoms with E-state index in [1.54, 1.807) is 12.1 Å². The maximum absolute atomic E-state index is 10.7. The fourth-order valence-electron chi connectivity index (χ4n) is 2.48. The second kappa shape index (κ2) is 7.58. The summed E-state index contributed by atoms with van der Waals surface area (Å²) in [6.07, 6.45) is 0. The molecule has 8 nitrogen and oxygen atoms in total. The molecule has 4 N–H and O–H groups in total. The Bertz CT molecular complexity index is 1020. The summed E-state index contributed by atoms with van der Waals surface area (Å²) in [6.45, 7) is 8.20. The molecule has 0 fully saturated rings. The number of aromatic nitrogens is 3. The van der Waals surface area contributed by atoms with Gasteiger partial charge >= 0.3 is 7.82 Å². The molecule has 0 saturated carbocycles. The number of halogens is 1. The molecule has 0 amide bonds. The number of nitrogens with zero attached hydrogens (tertiary/aromatic N) is 3. The van der Waals surface area contributed by atoms with E-state index in [1.165, 1.54) is 4.80 Å². The first-order valence-corrected chi connectivity index (χ1v) is 9.85. The molecule has 0 radical (unpaired) electrons. The summed E-state index contributed by atoms with van der Waals surface area (Å²) in [7, 11) is -4.64. The molecule has 146 valence electrons. The molecule has 0 atom stereocenters. The minimum atomic E-state index is -4.64. The Balaban J connectivity index is 0.000000465. The van der Waals surface area contributed by atoms with E-state index in [0.717, 1.165) is 16.6 Å². The van der Waals surface area contributed by atoms with E-state index in [0.29, 0.717) is 16.2 Å². The van der Waals surface area contributed by atoms with Crippen LogP contribution in [0.2, 0.25) is 5.02 Å². The second-order valence-corrected chi connectivity index (χ2v) is 8.53. The average molecular weight is 414 g/mol. The third kappa shape index (κ3) is 5.76. The standard InChI is InChI=1S/C17H18ClN3O.H3O4P/c1-10-7-12(17(2,3)4)16(22)15(8-10)21-19-13-6-5-11(18)9-14(13)20-21;1-5(2,3)4/h5-9,22H,1-4H3;(H3,1,2,3,4). The van der Waals surface area contributed by atoms with Gasteiger partial charge in [-0.15, -0.1) is 15.0 Å². The summed E-state index contributed by atoms with van der Waals surface area (Å²) in [5.74, 6) is 0.213. The number of aromatic hydroxyl groups is 1. The van der Waals surface area contributed by atoms with Gasteiger partial charge in [0.2, 0.25) is 0 Å². The lowest BCUT2D eigenvalue weighted by atomic mass is 9.85. The van der Waals surface area contributed by atoms with Crippen molar-refractivity contribution in [3.05, 3.63) is 46.5 Å². The quantitative estimate of drug-likeness (QED) is 0.449. The monoisotopic (exact) mass is 413 g/mol. The smallest absolute Gasteiger partial charge is 0.466 e. The van der Waals surface area contributed by atoms with Gasteiger partial charge in [-0.3, -0.25) is 0 Å².